The Kier molecular flexibility index (Phi) is 4.79. The van der Waals surface area contributed by atoms with Gasteiger partial charge in [-0.2, -0.15) is 5.10 Å². The number of benzene rings is 2. The van der Waals surface area contributed by atoms with E-state index >= 15 is 0 Å². The van der Waals surface area contributed by atoms with E-state index in [0.717, 1.165) is 5.56 Å². The standard InChI is InChI=1S/C19H17FN4O2/c1-12-6-3-4-9-16(12)18(25)22-19(26)21-17-10-13(2)23-24(17)15-8-5-7-14(20)11-15/h3-11H,1-2H3,(H2,21,22,25,26). The van der Waals surface area contributed by atoms with Gasteiger partial charge in [0.25, 0.3) is 5.91 Å². The van der Waals surface area contributed by atoms with Gasteiger partial charge in [0.1, 0.15) is 11.6 Å². The summed E-state index contributed by atoms with van der Waals surface area (Å²) in [6, 6.07) is 13.7. The lowest BCUT2D eigenvalue weighted by atomic mass is 10.1. The smallest absolute Gasteiger partial charge is 0.292 e. The molecule has 26 heavy (non-hydrogen) atoms. The molecular weight excluding hydrogens is 335 g/mol. The lowest BCUT2D eigenvalue weighted by molar-refractivity contribution is 0.0966. The van der Waals surface area contributed by atoms with Gasteiger partial charge >= 0.3 is 6.03 Å². The van der Waals surface area contributed by atoms with Crippen LogP contribution in [-0.4, -0.2) is 21.7 Å². The molecule has 0 radical (unpaired) electrons. The van der Waals surface area contributed by atoms with Crippen LogP contribution in [0, 0.1) is 19.7 Å². The van der Waals surface area contributed by atoms with Crippen LogP contribution in [0.15, 0.2) is 54.6 Å². The van der Waals surface area contributed by atoms with Crippen molar-refractivity contribution in [1.29, 1.82) is 0 Å². The molecule has 2 aromatic carbocycles. The van der Waals surface area contributed by atoms with Crippen LogP contribution in [0.2, 0.25) is 0 Å². The van der Waals surface area contributed by atoms with Gasteiger partial charge < -0.3 is 0 Å². The molecule has 0 aliphatic heterocycles. The molecule has 0 aliphatic rings. The molecule has 0 fully saturated rings. The second-order valence-corrected chi connectivity index (χ2v) is 5.79. The number of imide groups is 1. The molecule has 0 aliphatic carbocycles. The number of nitrogens with zero attached hydrogens (tertiary/aromatic N) is 2. The summed E-state index contributed by atoms with van der Waals surface area (Å²) >= 11 is 0. The number of aryl methyl sites for hydroxylation is 2. The topological polar surface area (TPSA) is 76.0 Å². The zero-order valence-electron chi connectivity index (χ0n) is 14.3. The Morgan fingerprint density at radius 1 is 1.04 bits per heavy atom. The van der Waals surface area contributed by atoms with Gasteiger partial charge in [-0.05, 0) is 43.7 Å². The predicted octanol–water partition coefficient (Wildman–Crippen LogP) is 3.59. The van der Waals surface area contributed by atoms with Gasteiger partial charge in [-0.15, -0.1) is 0 Å². The van der Waals surface area contributed by atoms with Gasteiger partial charge in [0.15, 0.2) is 0 Å². The fourth-order valence-electron chi connectivity index (χ4n) is 2.54. The summed E-state index contributed by atoms with van der Waals surface area (Å²) in [6.45, 7) is 3.53. The maximum Gasteiger partial charge on any atom is 0.327 e. The van der Waals surface area contributed by atoms with E-state index in [0.29, 0.717) is 22.8 Å². The zero-order chi connectivity index (χ0) is 18.7. The zero-order valence-corrected chi connectivity index (χ0v) is 14.3. The summed E-state index contributed by atoms with van der Waals surface area (Å²) in [5, 5.41) is 9.11. The normalized spacial score (nSPS) is 10.4. The Balaban J connectivity index is 1.78. The highest BCUT2D eigenvalue weighted by molar-refractivity contribution is 6.08. The van der Waals surface area contributed by atoms with Gasteiger partial charge in [-0.3, -0.25) is 15.4 Å². The van der Waals surface area contributed by atoms with E-state index in [2.05, 4.69) is 15.7 Å². The van der Waals surface area contributed by atoms with Gasteiger partial charge in [0.05, 0.1) is 11.4 Å². The average Bonchev–Trinajstić information content (AvgIpc) is 2.95. The van der Waals surface area contributed by atoms with Crippen LogP contribution in [0.1, 0.15) is 21.6 Å². The summed E-state index contributed by atoms with van der Waals surface area (Å²) in [5.41, 5.74) is 2.27. The molecule has 0 saturated heterocycles. The highest BCUT2D eigenvalue weighted by Crippen LogP contribution is 2.18. The second-order valence-electron chi connectivity index (χ2n) is 5.79. The molecule has 6 nitrogen and oxygen atoms in total. The summed E-state index contributed by atoms with van der Waals surface area (Å²) in [5.74, 6) is -0.599. The number of aromatic nitrogens is 2. The maximum atomic E-state index is 13.5. The Labute approximate surface area is 149 Å². The Bertz CT molecular complexity index is 981. The molecule has 1 heterocycles. The largest absolute Gasteiger partial charge is 0.327 e. The lowest BCUT2D eigenvalue weighted by Crippen LogP contribution is -2.35. The number of nitrogens with one attached hydrogen (secondary N) is 2. The third kappa shape index (κ3) is 3.77. The first-order chi connectivity index (χ1) is 12.4. The Hall–Kier alpha value is -3.48. The van der Waals surface area contributed by atoms with E-state index in [4.69, 9.17) is 0 Å². The third-order valence-corrected chi connectivity index (χ3v) is 3.74. The molecule has 0 unspecified atom stereocenters. The molecule has 0 spiro atoms. The summed E-state index contributed by atoms with van der Waals surface area (Å²) in [4.78, 5) is 24.4. The number of carbonyl (C=O) groups excluding carboxylic acids is 2. The van der Waals surface area contributed by atoms with E-state index in [1.54, 1.807) is 50.2 Å². The monoisotopic (exact) mass is 352 g/mol. The first kappa shape index (κ1) is 17.3. The van der Waals surface area contributed by atoms with Crippen LogP contribution in [-0.2, 0) is 0 Å². The number of rotatable bonds is 3. The van der Waals surface area contributed by atoms with Gasteiger partial charge in [0.2, 0.25) is 0 Å². The van der Waals surface area contributed by atoms with Crippen molar-refractivity contribution < 1.29 is 14.0 Å². The van der Waals surface area contributed by atoms with Crippen molar-refractivity contribution in [2.75, 3.05) is 5.32 Å². The molecule has 0 atom stereocenters. The first-order valence-electron chi connectivity index (χ1n) is 7.94. The lowest BCUT2D eigenvalue weighted by Gasteiger charge is -2.10. The molecule has 0 saturated carbocycles. The van der Waals surface area contributed by atoms with E-state index in [1.165, 1.54) is 16.8 Å². The second kappa shape index (κ2) is 7.18. The maximum absolute atomic E-state index is 13.5. The van der Waals surface area contributed by atoms with Crippen molar-refractivity contribution in [3.8, 4) is 5.69 Å². The predicted molar refractivity (Wildman–Crippen MR) is 95.9 cm³/mol. The average molecular weight is 352 g/mol. The molecule has 3 aromatic rings. The fourth-order valence-corrected chi connectivity index (χ4v) is 2.54. The summed E-state index contributed by atoms with van der Waals surface area (Å²) in [7, 11) is 0. The number of hydrogen-bond acceptors (Lipinski definition) is 3. The van der Waals surface area contributed by atoms with Crippen LogP contribution < -0.4 is 10.6 Å². The highest BCUT2D eigenvalue weighted by atomic mass is 19.1. The fraction of sp³-hybridized carbons (Fsp3) is 0.105. The number of halogens is 1. The van der Waals surface area contributed by atoms with E-state index in [9.17, 15) is 14.0 Å². The first-order valence-corrected chi connectivity index (χ1v) is 7.94. The quantitative estimate of drug-likeness (QED) is 0.756. The molecule has 132 valence electrons. The molecule has 3 amide bonds. The number of amides is 3. The number of carbonyl (C=O) groups is 2. The van der Waals surface area contributed by atoms with Crippen molar-refractivity contribution in [3.63, 3.8) is 0 Å². The van der Waals surface area contributed by atoms with Crippen molar-refractivity contribution in [2.24, 2.45) is 0 Å². The number of anilines is 1. The van der Waals surface area contributed by atoms with Crippen molar-refractivity contribution in [2.45, 2.75) is 13.8 Å². The Morgan fingerprint density at radius 2 is 1.81 bits per heavy atom. The van der Waals surface area contributed by atoms with Crippen molar-refractivity contribution in [1.82, 2.24) is 15.1 Å². The molecule has 1 aromatic heterocycles. The van der Waals surface area contributed by atoms with Gasteiger partial charge in [-0.25, -0.2) is 13.9 Å². The van der Waals surface area contributed by atoms with Crippen molar-refractivity contribution in [3.05, 3.63) is 77.2 Å². The van der Waals surface area contributed by atoms with E-state index in [1.807, 2.05) is 6.07 Å². The summed E-state index contributed by atoms with van der Waals surface area (Å²) < 4.78 is 14.9. The molecule has 3 rings (SSSR count). The molecule has 2 N–H and O–H groups in total. The van der Waals surface area contributed by atoms with Gasteiger partial charge in [-0.1, -0.05) is 24.3 Å². The van der Waals surface area contributed by atoms with Crippen LogP contribution in [0.5, 0.6) is 0 Å². The van der Waals surface area contributed by atoms with Gasteiger partial charge in [0, 0.05) is 11.6 Å². The number of hydrogen-bond donors (Lipinski definition) is 2. The van der Waals surface area contributed by atoms with Crippen molar-refractivity contribution >= 4 is 17.8 Å². The molecule has 0 bridgehead atoms. The minimum Gasteiger partial charge on any atom is -0.292 e. The van der Waals surface area contributed by atoms with E-state index in [-0.39, 0.29) is 0 Å². The Morgan fingerprint density at radius 3 is 2.54 bits per heavy atom. The van der Waals surface area contributed by atoms with Crippen LogP contribution in [0.4, 0.5) is 15.0 Å². The number of urea groups is 1. The SMILES string of the molecule is Cc1cc(NC(=O)NC(=O)c2ccccc2C)n(-c2cccc(F)c2)n1. The summed E-state index contributed by atoms with van der Waals surface area (Å²) in [6.07, 6.45) is 0. The van der Waals surface area contributed by atoms with Crippen LogP contribution in [0.3, 0.4) is 0 Å². The third-order valence-electron chi connectivity index (χ3n) is 3.74. The minimum absolute atomic E-state index is 0.322. The minimum atomic E-state index is -0.698. The van der Waals surface area contributed by atoms with Crippen LogP contribution in [0.25, 0.3) is 5.69 Å². The highest BCUT2D eigenvalue weighted by Gasteiger charge is 2.15. The van der Waals surface area contributed by atoms with Crippen LogP contribution >= 0.6 is 0 Å². The molecular formula is C19H17FN4O2. The van der Waals surface area contributed by atoms with E-state index < -0.39 is 17.8 Å². The molecule has 7 heteroatoms.